The van der Waals surface area contributed by atoms with E-state index in [1.807, 2.05) is 6.92 Å². The summed E-state index contributed by atoms with van der Waals surface area (Å²) in [5.41, 5.74) is 0. The second-order valence-corrected chi connectivity index (χ2v) is 3.47. The van der Waals surface area contributed by atoms with Crippen LogP contribution in [-0.4, -0.2) is 30.6 Å². The number of nitrogens with zero attached hydrogens (tertiary/aromatic N) is 1. The van der Waals surface area contributed by atoms with Crippen molar-refractivity contribution in [2.75, 3.05) is 19.6 Å². The summed E-state index contributed by atoms with van der Waals surface area (Å²) < 4.78 is 5.52. The summed E-state index contributed by atoms with van der Waals surface area (Å²) in [5.74, 6) is 1.03. The van der Waals surface area contributed by atoms with Crippen LogP contribution in [0.15, 0.2) is 11.8 Å². The molecule has 0 rings (SSSR count). The zero-order chi connectivity index (χ0) is 10.3. The lowest BCUT2D eigenvalue weighted by Crippen LogP contribution is -2.23. The zero-order valence-electron chi connectivity index (χ0n) is 9.63. The van der Waals surface area contributed by atoms with Gasteiger partial charge in [-0.15, -0.1) is 0 Å². The molecule has 0 amide bonds. The Morgan fingerprint density at radius 3 is 2.23 bits per heavy atom. The molecule has 0 unspecified atom stereocenters. The van der Waals surface area contributed by atoms with Crippen molar-refractivity contribution in [1.82, 2.24) is 4.90 Å². The predicted octanol–water partition coefficient (Wildman–Crippen LogP) is 2.66. The molecule has 0 radical (unpaired) electrons. The SMILES string of the molecule is CCN(CC)C/C=C(\C)OC(C)C. The van der Waals surface area contributed by atoms with E-state index in [-0.39, 0.29) is 6.10 Å². The van der Waals surface area contributed by atoms with Crippen LogP contribution < -0.4 is 0 Å². The molecule has 13 heavy (non-hydrogen) atoms. The first-order valence-electron chi connectivity index (χ1n) is 5.15. The molecule has 0 aliphatic rings. The normalized spacial score (nSPS) is 12.7. The highest BCUT2D eigenvalue weighted by molar-refractivity contribution is 4.91. The van der Waals surface area contributed by atoms with E-state index in [1.165, 1.54) is 0 Å². The number of hydrogen-bond acceptors (Lipinski definition) is 2. The van der Waals surface area contributed by atoms with Gasteiger partial charge in [-0.2, -0.15) is 0 Å². The molecule has 0 spiro atoms. The van der Waals surface area contributed by atoms with Crippen LogP contribution >= 0.6 is 0 Å². The fourth-order valence-electron chi connectivity index (χ4n) is 1.16. The average molecular weight is 185 g/mol. The molecule has 0 aromatic heterocycles. The summed E-state index contributed by atoms with van der Waals surface area (Å²) in [6.07, 6.45) is 2.43. The van der Waals surface area contributed by atoms with Gasteiger partial charge >= 0.3 is 0 Å². The molecule has 0 fully saturated rings. The smallest absolute Gasteiger partial charge is 0.0926 e. The number of allylic oxidation sites excluding steroid dienone is 1. The monoisotopic (exact) mass is 185 g/mol. The van der Waals surface area contributed by atoms with Crippen molar-refractivity contribution < 1.29 is 4.74 Å². The van der Waals surface area contributed by atoms with Crippen molar-refractivity contribution in [2.24, 2.45) is 0 Å². The van der Waals surface area contributed by atoms with Crippen LogP contribution in [0.1, 0.15) is 34.6 Å². The molecule has 0 saturated carbocycles. The van der Waals surface area contributed by atoms with E-state index in [2.05, 4.69) is 38.7 Å². The quantitative estimate of drug-likeness (QED) is 0.590. The van der Waals surface area contributed by atoms with Gasteiger partial charge in [0.25, 0.3) is 0 Å². The highest BCUT2D eigenvalue weighted by Crippen LogP contribution is 2.01. The molecule has 0 atom stereocenters. The number of rotatable bonds is 6. The summed E-state index contributed by atoms with van der Waals surface area (Å²) in [7, 11) is 0. The molecule has 2 heteroatoms. The highest BCUT2D eigenvalue weighted by Gasteiger charge is 1.97. The maximum atomic E-state index is 5.52. The lowest BCUT2D eigenvalue weighted by atomic mass is 10.4. The Hall–Kier alpha value is -0.500. The minimum atomic E-state index is 0.285. The summed E-state index contributed by atoms with van der Waals surface area (Å²) in [5, 5.41) is 0. The standard InChI is InChI=1S/C11H23NO/c1-6-12(7-2)9-8-11(5)13-10(3)4/h8,10H,6-7,9H2,1-5H3/b11-8+. The first-order valence-corrected chi connectivity index (χ1v) is 5.15. The second-order valence-electron chi connectivity index (χ2n) is 3.47. The molecule has 0 aliphatic heterocycles. The van der Waals surface area contributed by atoms with Crippen molar-refractivity contribution in [2.45, 2.75) is 40.7 Å². The summed E-state index contributed by atoms with van der Waals surface area (Å²) in [6, 6.07) is 0. The van der Waals surface area contributed by atoms with Gasteiger partial charge in [0.05, 0.1) is 11.9 Å². The summed E-state index contributed by atoms with van der Waals surface area (Å²) >= 11 is 0. The van der Waals surface area contributed by atoms with Gasteiger partial charge < -0.3 is 9.64 Å². The molecule has 0 N–H and O–H groups in total. The van der Waals surface area contributed by atoms with Crippen molar-refractivity contribution in [1.29, 1.82) is 0 Å². The second kappa shape index (κ2) is 6.96. The van der Waals surface area contributed by atoms with E-state index in [9.17, 15) is 0 Å². The Kier molecular flexibility index (Phi) is 6.69. The van der Waals surface area contributed by atoms with Crippen LogP contribution in [0, 0.1) is 0 Å². The Balaban J connectivity index is 3.80. The summed E-state index contributed by atoms with van der Waals surface area (Å²) in [6.45, 7) is 13.7. The third-order valence-electron chi connectivity index (χ3n) is 1.95. The molecule has 0 aromatic rings. The Morgan fingerprint density at radius 1 is 1.31 bits per heavy atom. The minimum absolute atomic E-state index is 0.285. The van der Waals surface area contributed by atoms with Gasteiger partial charge in [-0.1, -0.05) is 13.8 Å². The van der Waals surface area contributed by atoms with Gasteiger partial charge in [-0.25, -0.2) is 0 Å². The first kappa shape index (κ1) is 12.5. The number of ether oxygens (including phenoxy) is 1. The van der Waals surface area contributed by atoms with E-state index >= 15 is 0 Å². The third kappa shape index (κ3) is 6.64. The van der Waals surface area contributed by atoms with Crippen LogP contribution in [0.5, 0.6) is 0 Å². The number of likely N-dealkylation sites (N-methyl/N-ethyl adjacent to an activating group) is 1. The number of hydrogen-bond donors (Lipinski definition) is 0. The molecule has 0 heterocycles. The van der Waals surface area contributed by atoms with Crippen LogP contribution in [-0.2, 0) is 4.74 Å². The predicted molar refractivity (Wildman–Crippen MR) is 57.8 cm³/mol. The lowest BCUT2D eigenvalue weighted by molar-refractivity contribution is 0.147. The molecule has 0 bridgehead atoms. The van der Waals surface area contributed by atoms with Gasteiger partial charge in [0.1, 0.15) is 0 Å². The largest absolute Gasteiger partial charge is 0.496 e. The first-order chi connectivity index (χ1) is 6.10. The van der Waals surface area contributed by atoms with E-state index < -0.39 is 0 Å². The maximum Gasteiger partial charge on any atom is 0.0926 e. The van der Waals surface area contributed by atoms with Gasteiger partial charge in [0, 0.05) is 6.54 Å². The molecule has 0 aliphatic carbocycles. The summed E-state index contributed by atoms with van der Waals surface area (Å²) in [4.78, 5) is 2.35. The van der Waals surface area contributed by atoms with Crippen molar-refractivity contribution in [3.63, 3.8) is 0 Å². The molecular formula is C11H23NO. The minimum Gasteiger partial charge on any atom is -0.496 e. The van der Waals surface area contributed by atoms with Gasteiger partial charge in [0.2, 0.25) is 0 Å². The molecule has 2 nitrogen and oxygen atoms in total. The topological polar surface area (TPSA) is 12.5 Å². The fourth-order valence-corrected chi connectivity index (χ4v) is 1.16. The fraction of sp³-hybridized carbons (Fsp3) is 0.818. The van der Waals surface area contributed by atoms with Crippen LogP contribution in [0.2, 0.25) is 0 Å². The van der Waals surface area contributed by atoms with E-state index in [1.54, 1.807) is 0 Å². The molecular weight excluding hydrogens is 162 g/mol. The van der Waals surface area contributed by atoms with E-state index in [4.69, 9.17) is 4.74 Å². The maximum absolute atomic E-state index is 5.52. The van der Waals surface area contributed by atoms with E-state index in [0.717, 1.165) is 25.4 Å². The van der Waals surface area contributed by atoms with Gasteiger partial charge in [0.15, 0.2) is 0 Å². The van der Waals surface area contributed by atoms with Gasteiger partial charge in [-0.3, -0.25) is 0 Å². The van der Waals surface area contributed by atoms with Crippen LogP contribution in [0.4, 0.5) is 0 Å². The van der Waals surface area contributed by atoms with Gasteiger partial charge in [-0.05, 0) is 39.9 Å². The average Bonchev–Trinajstić information content (AvgIpc) is 2.05. The molecule has 0 saturated heterocycles. The zero-order valence-corrected chi connectivity index (χ0v) is 9.63. The Labute approximate surface area is 82.6 Å². The third-order valence-corrected chi connectivity index (χ3v) is 1.95. The van der Waals surface area contributed by atoms with Crippen LogP contribution in [0.3, 0.4) is 0 Å². The van der Waals surface area contributed by atoms with Crippen LogP contribution in [0.25, 0.3) is 0 Å². The highest BCUT2D eigenvalue weighted by atomic mass is 16.5. The molecule has 0 aromatic carbocycles. The lowest BCUT2D eigenvalue weighted by Gasteiger charge is -2.16. The van der Waals surface area contributed by atoms with Crippen molar-refractivity contribution >= 4 is 0 Å². The van der Waals surface area contributed by atoms with Crippen molar-refractivity contribution in [3.8, 4) is 0 Å². The Morgan fingerprint density at radius 2 is 1.85 bits per heavy atom. The molecule has 78 valence electrons. The van der Waals surface area contributed by atoms with E-state index in [0.29, 0.717) is 0 Å². The van der Waals surface area contributed by atoms with Crippen molar-refractivity contribution in [3.05, 3.63) is 11.8 Å². The Bertz CT molecular complexity index is 148.